The number of phosphoric acid groups is 1. The predicted molar refractivity (Wildman–Crippen MR) is 422 cm³/mol. The molecule has 0 saturated heterocycles. The van der Waals surface area contributed by atoms with Crippen molar-refractivity contribution < 1.29 is 37.6 Å². The molecule has 2 unspecified atom stereocenters. The molecular formula is C87H158NO8P. The van der Waals surface area contributed by atoms with E-state index in [1.165, 1.54) is 289 Å². The van der Waals surface area contributed by atoms with Crippen LogP contribution in [0.1, 0.15) is 412 Å². The minimum atomic E-state index is -4.40. The number of allylic oxidation sites excluding steroid dienone is 16. The molecule has 0 saturated carbocycles. The van der Waals surface area contributed by atoms with E-state index in [0.717, 1.165) is 89.9 Å². The van der Waals surface area contributed by atoms with Crippen LogP contribution in [0, 0.1) is 0 Å². The number of rotatable bonds is 79. The van der Waals surface area contributed by atoms with Crippen molar-refractivity contribution in [3.8, 4) is 0 Å². The van der Waals surface area contributed by atoms with Gasteiger partial charge < -0.3 is 20.1 Å². The van der Waals surface area contributed by atoms with Gasteiger partial charge in [-0.2, -0.15) is 0 Å². The van der Waals surface area contributed by atoms with Crippen molar-refractivity contribution in [2.45, 2.75) is 418 Å². The first kappa shape index (κ1) is 93.9. The van der Waals surface area contributed by atoms with Gasteiger partial charge in [0.2, 0.25) is 0 Å². The zero-order valence-electron chi connectivity index (χ0n) is 63.8. The second kappa shape index (κ2) is 81.9. The number of ether oxygens (including phenoxy) is 2. The monoisotopic (exact) mass is 1380 g/mol. The fourth-order valence-corrected chi connectivity index (χ4v) is 13.1. The van der Waals surface area contributed by atoms with Gasteiger partial charge in [0.25, 0.3) is 0 Å². The van der Waals surface area contributed by atoms with E-state index in [0.29, 0.717) is 6.42 Å². The average molecular weight is 1380 g/mol. The molecule has 3 N–H and O–H groups in total. The predicted octanol–water partition coefficient (Wildman–Crippen LogP) is 28.2. The van der Waals surface area contributed by atoms with Gasteiger partial charge in [0.1, 0.15) is 6.61 Å². The van der Waals surface area contributed by atoms with E-state index in [2.05, 4.69) is 111 Å². The van der Waals surface area contributed by atoms with Crippen molar-refractivity contribution in [1.82, 2.24) is 0 Å². The summed E-state index contributed by atoms with van der Waals surface area (Å²) in [6.45, 7) is 3.69. The lowest BCUT2D eigenvalue weighted by molar-refractivity contribution is -0.161. The van der Waals surface area contributed by atoms with Gasteiger partial charge in [-0.05, 0) is 77.0 Å². The number of esters is 2. The summed E-state index contributed by atoms with van der Waals surface area (Å²) in [4.78, 5) is 35.5. The van der Waals surface area contributed by atoms with Crippen LogP contribution in [0.25, 0.3) is 0 Å². The van der Waals surface area contributed by atoms with Crippen LogP contribution in [0.4, 0.5) is 0 Å². The van der Waals surface area contributed by atoms with Crippen LogP contribution in [0.5, 0.6) is 0 Å². The van der Waals surface area contributed by atoms with E-state index in [1.807, 2.05) is 0 Å². The molecule has 0 aromatic carbocycles. The van der Waals surface area contributed by atoms with Crippen molar-refractivity contribution in [3.05, 3.63) is 97.2 Å². The van der Waals surface area contributed by atoms with Crippen LogP contribution in [0.3, 0.4) is 0 Å². The maximum absolute atomic E-state index is 12.8. The highest BCUT2D eigenvalue weighted by atomic mass is 31.2. The largest absolute Gasteiger partial charge is 0.472 e. The van der Waals surface area contributed by atoms with E-state index in [9.17, 15) is 19.0 Å². The second-order valence-corrected chi connectivity index (χ2v) is 29.4. The number of nitrogens with two attached hydrogens (primary N) is 1. The standard InChI is InChI=1S/C87H158NO8P/c1-3-5-7-9-11-13-15-17-19-21-23-25-27-29-31-33-35-37-39-41-42-44-45-47-49-51-53-55-57-59-61-63-65-67-69-71-73-75-77-79-86(89)93-83-85(84-95-97(91,92)94-82-81-88)96-87(90)80-78-76-74-72-70-68-66-64-62-60-58-56-54-52-50-48-46-43-40-38-36-34-32-30-28-26-24-22-20-18-16-14-12-10-8-6-4-2/h6,8,12,14,18,20,24,26,30,32,36,38,43,46,50,52,85H,3-5,7,9-11,13,15-17,19,21-23,25,27-29,31,33-35,37,39-42,44-45,47-49,51,53-84,88H2,1-2H3,(H,91,92)/b8-6-,14-12-,20-18-,26-24-,32-30-,38-36-,46-43-,52-50-. The van der Waals surface area contributed by atoms with Crippen molar-refractivity contribution >= 4 is 19.8 Å². The Labute approximate surface area is 601 Å². The highest BCUT2D eigenvalue weighted by molar-refractivity contribution is 7.47. The molecule has 0 heterocycles. The fourth-order valence-electron chi connectivity index (χ4n) is 12.4. The van der Waals surface area contributed by atoms with Crippen LogP contribution in [-0.2, 0) is 32.7 Å². The summed E-state index contributed by atoms with van der Waals surface area (Å²) in [6, 6.07) is 0. The van der Waals surface area contributed by atoms with Gasteiger partial charge in [-0.25, -0.2) is 4.57 Å². The highest BCUT2D eigenvalue weighted by Gasteiger charge is 2.26. The van der Waals surface area contributed by atoms with Crippen LogP contribution in [0.2, 0.25) is 0 Å². The highest BCUT2D eigenvalue weighted by Crippen LogP contribution is 2.43. The minimum absolute atomic E-state index is 0.0517. The van der Waals surface area contributed by atoms with Crippen molar-refractivity contribution in [3.63, 3.8) is 0 Å². The summed E-state index contributed by atoms with van der Waals surface area (Å²) < 4.78 is 33.3. The normalized spacial score (nSPS) is 13.3. The molecule has 0 rings (SSSR count). The Morgan fingerprint density at radius 1 is 0.320 bits per heavy atom. The molecule has 0 amide bonds. The Morgan fingerprint density at radius 3 is 0.845 bits per heavy atom. The summed E-state index contributed by atoms with van der Waals surface area (Å²) in [5, 5.41) is 0. The zero-order chi connectivity index (χ0) is 70.0. The molecule has 9 nitrogen and oxygen atoms in total. The maximum atomic E-state index is 12.8. The quantitative estimate of drug-likeness (QED) is 0.0264. The molecule has 0 aromatic heterocycles. The third-order valence-corrected chi connectivity index (χ3v) is 19.5. The van der Waals surface area contributed by atoms with Crippen LogP contribution in [-0.4, -0.2) is 49.3 Å². The number of carbonyl (C=O) groups excluding carboxylic acids is 2. The second-order valence-electron chi connectivity index (χ2n) is 28.0. The van der Waals surface area contributed by atoms with Gasteiger partial charge in [0.15, 0.2) is 6.10 Å². The molecule has 0 aliphatic carbocycles. The molecule has 0 radical (unpaired) electrons. The summed E-state index contributed by atoms with van der Waals surface area (Å²) in [5.74, 6) is -0.815. The first-order valence-corrected chi connectivity index (χ1v) is 43.2. The van der Waals surface area contributed by atoms with E-state index < -0.39 is 26.5 Å². The number of hydrogen-bond donors (Lipinski definition) is 2. The Morgan fingerprint density at radius 2 is 0.567 bits per heavy atom. The van der Waals surface area contributed by atoms with Crippen molar-refractivity contribution in [2.75, 3.05) is 26.4 Å². The zero-order valence-corrected chi connectivity index (χ0v) is 64.7. The lowest BCUT2D eigenvalue weighted by atomic mass is 10.0. The minimum Gasteiger partial charge on any atom is -0.462 e. The Balaban J connectivity index is 3.79. The molecular weight excluding hydrogens is 1220 g/mol. The molecule has 0 fully saturated rings. The SMILES string of the molecule is CC/C=C\C/C=C\C/C=C\C/C=C\C/C=C\C/C=C\C/C=C\C/C=C\CCCCCCCCCCCCCCC(=O)OC(COC(=O)CCCCCCCCCCCCCCCCCCCCCCCCCCCCCCCCCCCCCCCCC)COP(=O)(O)OCCN. The molecule has 0 spiro atoms. The summed E-state index contributed by atoms with van der Waals surface area (Å²) in [7, 11) is -4.40. The topological polar surface area (TPSA) is 134 Å². The van der Waals surface area contributed by atoms with Gasteiger partial charge in [0, 0.05) is 19.4 Å². The Kier molecular flexibility index (Phi) is 79.3. The van der Waals surface area contributed by atoms with Crippen LogP contribution < -0.4 is 5.73 Å². The fraction of sp³-hybridized carbons (Fsp3) is 0.793. The third-order valence-electron chi connectivity index (χ3n) is 18.5. The van der Waals surface area contributed by atoms with Gasteiger partial charge >= 0.3 is 19.8 Å². The van der Waals surface area contributed by atoms with Crippen LogP contribution >= 0.6 is 7.82 Å². The number of carbonyl (C=O) groups is 2. The van der Waals surface area contributed by atoms with Gasteiger partial charge in [0.05, 0.1) is 13.2 Å². The molecule has 2 atom stereocenters. The molecule has 0 aliphatic rings. The van der Waals surface area contributed by atoms with Crippen molar-refractivity contribution in [1.29, 1.82) is 0 Å². The maximum Gasteiger partial charge on any atom is 0.472 e. The number of hydrogen-bond acceptors (Lipinski definition) is 8. The first-order chi connectivity index (χ1) is 47.8. The van der Waals surface area contributed by atoms with Gasteiger partial charge in [-0.15, -0.1) is 0 Å². The lowest BCUT2D eigenvalue weighted by Gasteiger charge is -2.19. The van der Waals surface area contributed by atoms with Crippen molar-refractivity contribution in [2.24, 2.45) is 5.73 Å². The van der Waals surface area contributed by atoms with Crippen LogP contribution in [0.15, 0.2) is 97.2 Å². The molecule has 10 heteroatoms. The Bertz CT molecular complexity index is 1920. The smallest absolute Gasteiger partial charge is 0.462 e. The molecule has 0 bridgehead atoms. The molecule has 0 aromatic rings. The Hall–Kier alpha value is -3.07. The number of unbranched alkanes of at least 4 members (excludes halogenated alkanes) is 50. The van der Waals surface area contributed by atoms with E-state index >= 15 is 0 Å². The molecule has 564 valence electrons. The third kappa shape index (κ3) is 81.8. The van der Waals surface area contributed by atoms with Gasteiger partial charge in [-0.1, -0.05) is 419 Å². The van der Waals surface area contributed by atoms with E-state index in [1.54, 1.807) is 0 Å². The summed E-state index contributed by atoms with van der Waals surface area (Å²) >= 11 is 0. The lowest BCUT2D eigenvalue weighted by Crippen LogP contribution is -2.29. The first-order valence-electron chi connectivity index (χ1n) is 41.7. The molecule has 97 heavy (non-hydrogen) atoms. The van der Waals surface area contributed by atoms with Gasteiger partial charge in [-0.3, -0.25) is 18.6 Å². The number of phosphoric ester groups is 1. The van der Waals surface area contributed by atoms with E-state index in [-0.39, 0.29) is 38.6 Å². The molecule has 0 aliphatic heterocycles. The summed E-state index contributed by atoms with van der Waals surface area (Å²) in [6.07, 6.45) is 113. The average Bonchev–Trinajstić information content (AvgIpc) is 2.17. The summed E-state index contributed by atoms with van der Waals surface area (Å²) in [5.41, 5.74) is 5.42. The van der Waals surface area contributed by atoms with E-state index in [4.69, 9.17) is 24.3 Å².